The maximum atomic E-state index is 13.0. The first-order chi connectivity index (χ1) is 5.63. The van der Waals surface area contributed by atoms with E-state index in [1.54, 1.807) is 25.1 Å². The zero-order chi connectivity index (χ0) is 9.14. The van der Waals surface area contributed by atoms with Crippen LogP contribution in [-0.4, -0.2) is 5.91 Å². The van der Waals surface area contributed by atoms with Crippen LogP contribution in [0.1, 0.15) is 18.4 Å². The van der Waals surface area contributed by atoms with E-state index >= 15 is 0 Å². The van der Waals surface area contributed by atoms with Gasteiger partial charge >= 0.3 is 0 Å². The summed E-state index contributed by atoms with van der Waals surface area (Å²) in [7, 11) is 0. The molecule has 0 saturated heterocycles. The summed E-state index contributed by atoms with van der Waals surface area (Å²) in [6.45, 7) is 1.58. The maximum Gasteiger partial charge on any atom is 0.224 e. The van der Waals surface area contributed by atoms with Crippen LogP contribution in [0.3, 0.4) is 0 Å². The minimum atomic E-state index is -0.564. The van der Waals surface area contributed by atoms with Crippen LogP contribution in [0.5, 0.6) is 0 Å². The molecule has 1 rings (SSSR count). The van der Waals surface area contributed by atoms with Gasteiger partial charge in [0, 0.05) is 0 Å². The molecule has 0 bridgehead atoms. The van der Waals surface area contributed by atoms with Crippen molar-refractivity contribution in [3.05, 3.63) is 35.6 Å². The largest absolute Gasteiger partial charge is 0.369 e. The van der Waals surface area contributed by atoms with Crippen LogP contribution in [0, 0.1) is 5.82 Å². The zero-order valence-corrected chi connectivity index (χ0v) is 6.75. The van der Waals surface area contributed by atoms with Crippen molar-refractivity contribution in [3.8, 4) is 0 Å². The lowest BCUT2D eigenvalue weighted by Crippen LogP contribution is -2.19. The molecule has 3 heteroatoms. The molecule has 0 fully saturated rings. The normalized spacial score (nSPS) is 12.5. The number of amides is 1. The summed E-state index contributed by atoms with van der Waals surface area (Å²) in [5, 5.41) is 0. The van der Waals surface area contributed by atoms with Crippen LogP contribution in [0.25, 0.3) is 0 Å². The van der Waals surface area contributed by atoms with Gasteiger partial charge in [-0.15, -0.1) is 0 Å². The van der Waals surface area contributed by atoms with Gasteiger partial charge in [0.25, 0.3) is 0 Å². The molecule has 1 unspecified atom stereocenters. The van der Waals surface area contributed by atoms with Crippen LogP contribution in [0.4, 0.5) is 4.39 Å². The summed E-state index contributed by atoms with van der Waals surface area (Å²) in [5.74, 6) is -1.46. The lowest BCUT2D eigenvalue weighted by Gasteiger charge is -2.07. The zero-order valence-electron chi connectivity index (χ0n) is 6.75. The van der Waals surface area contributed by atoms with E-state index in [9.17, 15) is 9.18 Å². The fraction of sp³-hybridized carbons (Fsp3) is 0.222. The van der Waals surface area contributed by atoms with Crippen molar-refractivity contribution >= 4 is 5.91 Å². The molecule has 0 spiro atoms. The molecule has 0 aromatic heterocycles. The van der Waals surface area contributed by atoms with Crippen molar-refractivity contribution in [3.63, 3.8) is 0 Å². The average Bonchev–Trinajstić information content (AvgIpc) is 2.04. The van der Waals surface area contributed by atoms with Gasteiger partial charge in [0.05, 0.1) is 5.92 Å². The number of halogens is 1. The third-order valence-corrected chi connectivity index (χ3v) is 1.80. The van der Waals surface area contributed by atoms with E-state index in [1.165, 1.54) is 6.07 Å². The Morgan fingerprint density at radius 1 is 1.50 bits per heavy atom. The Labute approximate surface area is 70.2 Å². The summed E-state index contributed by atoms with van der Waals surface area (Å²) < 4.78 is 13.0. The van der Waals surface area contributed by atoms with Gasteiger partial charge in [-0.1, -0.05) is 18.2 Å². The van der Waals surface area contributed by atoms with E-state index in [2.05, 4.69) is 0 Å². The molecule has 1 aromatic rings. The highest BCUT2D eigenvalue weighted by atomic mass is 19.1. The lowest BCUT2D eigenvalue weighted by molar-refractivity contribution is -0.119. The van der Waals surface area contributed by atoms with Crippen LogP contribution in [-0.2, 0) is 4.79 Å². The van der Waals surface area contributed by atoms with E-state index in [0.717, 1.165) is 0 Å². The van der Waals surface area contributed by atoms with E-state index in [0.29, 0.717) is 5.56 Å². The molecule has 0 aliphatic heterocycles. The van der Waals surface area contributed by atoms with Gasteiger partial charge in [-0.05, 0) is 18.6 Å². The molecular weight excluding hydrogens is 157 g/mol. The van der Waals surface area contributed by atoms with Crippen molar-refractivity contribution in [2.24, 2.45) is 5.73 Å². The van der Waals surface area contributed by atoms with Gasteiger partial charge in [0.2, 0.25) is 5.91 Å². The number of carbonyl (C=O) groups is 1. The Morgan fingerprint density at radius 2 is 2.08 bits per heavy atom. The summed E-state index contributed by atoms with van der Waals surface area (Å²) in [6, 6.07) is 6.13. The molecular formula is C9H10FNO. The first-order valence-electron chi connectivity index (χ1n) is 3.66. The summed E-state index contributed by atoms with van der Waals surface area (Å²) in [5.41, 5.74) is 5.38. The van der Waals surface area contributed by atoms with Gasteiger partial charge in [0.1, 0.15) is 5.82 Å². The van der Waals surface area contributed by atoms with Crippen molar-refractivity contribution in [2.45, 2.75) is 12.8 Å². The Balaban J connectivity index is 3.02. The number of benzene rings is 1. The highest BCUT2D eigenvalue weighted by Gasteiger charge is 2.14. The van der Waals surface area contributed by atoms with Gasteiger partial charge in [-0.2, -0.15) is 0 Å². The molecule has 0 aliphatic rings. The van der Waals surface area contributed by atoms with Crippen LogP contribution >= 0.6 is 0 Å². The number of hydrogen-bond donors (Lipinski definition) is 1. The predicted octanol–water partition coefficient (Wildman–Crippen LogP) is 1.41. The first kappa shape index (κ1) is 8.71. The average molecular weight is 167 g/mol. The molecule has 1 aromatic carbocycles. The molecule has 0 radical (unpaired) electrons. The Kier molecular flexibility index (Phi) is 2.43. The predicted molar refractivity (Wildman–Crippen MR) is 44.0 cm³/mol. The molecule has 1 atom stereocenters. The highest BCUT2D eigenvalue weighted by Crippen LogP contribution is 2.17. The molecule has 64 valence electrons. The standard InChI is InChI=1S/C9H10FNO/c1-6(9(11)12)7-4-2-3-5-8(7)10/h2-6H,1H3,(H2,11,12). The Hall–Kier alpha value is -1.38. The van der Waals surface area contributed by atoms with Crippen molar-refractivity contribution in [2.75, 3.05) is 0 Å². The van der Waals surface area contributed by atoms with Gasteiger partial charge in [-0.25, -0.2) is 4.39 Å². The van der Waals surface area contributed by atoms with Crippen molar-refractivity contribution in [1.82, 2.24) is 0 Å². The molecule has 2 N–H and O–H groups in total. The number of hydrogen-bond acceptors (Lipinski definition) is 1. The van der Waals surface area contributed by atoms with Crippen molar-refractivity contribution < 1.29 is 9.18 Å². The maximum absolute atomic E-state index is 13.0. The first-order valence-corrected chi connectivity index (χ1v) is 3.66. The smallest absolute Gasteiger partial charge is 0.224 e. The monoisotopic (exact) mass is 167 g/mol. The molecule has 1 amide bonds. The van der Waals surface area contributed by atoms with Gasteiger partial charge in [-0.3, -0.25) is 4.79 Å². The molecule has 0 heterocycles. The topological polar surface area (TPSA) is 43.1 Å². The lowest BCUT2D eigenvalue weighted by atomic mass is 10.0. The summed E-state index contributed by atoms with van der Waals surface area (Å²) in [4.78, 5) is 10.7. The Bertz CT molecular complexity index is 298. The van der Waals surface area contributed by atoms with E-state index < -0.39 is 11.8 Å². The Morgan fingerprint density at radius 3 is 2.58 bits per heavy atom. The molecule has 2 nitrogen and oxygen atoms in total. The van der Waals surface area contributed by atoms with Crippen LogP contribution in [0.15, 0.2) is 24.3 Å². The second kappa shape index (κ2) is 3.34. The molecule has 0 saturated carbocycles. The summed E-state index contributed by atoms with van der Waals surface area (Å²) >= 11 is 0. The van der Waals surface area contributed by atoms with Gasteiger partial charge in [0.15, 0.2) is 0 Å². The van der Waals surface area contributed by atoms with E-state index in [4.69, 9.17) is 5.73 Å². The number of rotatable bonds is 2. The van der Waals surface area contributed by atoms with Crippen molar-refractivity contribution in [1.29, 1.82) is 0 Å². The number of primary amides is 1. The number of nitrogens with two attached hydrogens (primary N) is 1. The second-order valence-corrected chi connectivity index (χ2v) is 2.65. The minimum Gasteiger partial charge on any atom is -0.369 e. The fourth-order valence-electron chi connectivity index (χ4n) is 0.980. The second-order valence-electron chi connectivity index (χ2n) is 2.65. The fourth-order valence-corrected chi connectivity index (χ4v) is 0.980. The van der Waals surface area contributed by atoms with Crippen LogP contribution in [0.2, 0.25) is 0 Å². The third kappa shape index (κ3) is 1.61. The van der Waals surface area contributed by atoms with Crippen LogP contribution < -0.4 is 5.73 Å². The van der Waals surface area contributed by atoms with E-state index in [1.807, 2.05) is 0 Å². The number of carbonyl (C=O) groups excluding carboxylic acids is 1. The van der Waals surface area contributed by atoms with E-state index in [-0.39, 0.29) is 5.82 Å². The summed E-state index contributed by atoms with van der Waals surface area (Å²) in [6.07, 6.45) is 0. The third-order valence-electron chi connectivity index (χ3n) is 1.80. The van der Waals surface area contributed by atoms with Gasteiger partial charge < -0.3 is 5.73 Å². The molecule has 0 aliphatic carbocycles. The quantitative estimate of drug-likeness (QED) is 0.711. The highest BCUT2D eigenvalue weighted by molar-refractivity contribution is 5.81. The SMILES string of the molecule is CC(C(N)=O)c1ccccc1F. The minimum absolute atomic E-state index is 0.352. The molecule has 12 heavy (non-hydrogen) atoms.